The van der Waals surface area contributed by atoms with Crippen molar-refractivity contribution in [1.82, 2.24) is 9.55 Å². The molecule has 1 N–H and O–H groups in total. The maximum absolute atomic E-state index is 13.2. The minimum absolute atomic E-state index is 0.0376. The largest absolute Gasteiger partial charge is 0.340 e. The van der Waals surface area contributed by atoms with E-state index in [4.69, 9.17) is 46.4 Å². The van der Waals surface area contributed by atoms with E-state index in [1.807, 2.05) is 0 Å². The topological polar surface area (TPSA) is 54.9 Å². The Morgan fingerprint density at radius 3 is 1.87 bits per heavy atom. The molecule has 4 rings (SSSR count). The summed E-state index contributed by atoms with van der Waals surface area (Å²) in [7, 11) is 0. The summed E-state index contributed by atoms with van der Waals surface area (Å²) >= 11 is 25.3. The summed E-state index contributed by atoms with van der Waals surface area (Å²) < 4.78 is 1.35. The number of halogens is 4. The van der Waals surface area contributed by atoms with Gasteiger partial charge in [-0.2, -0.15) is 0 Å². The van der Waals surface area contributed by atoms with Crippen LogP contribution >= 0.6 is 46.4 Å². The number of ketones is 2. The highest BCUT2D eigenvalue weighted by atomic mass is 35.5. The third kappa shape index (κ3) is 3.57. The van der Waals surface area contributed by atoms with E-state index in [1.165, 1.54) is 10.6 Å². The van der Waals surface area contributed by atoms with Crippen molar-refractivity contribution in [2.45, 2.75) is 0 Å². The predicted molar refractivity (Wildman–Crippen MR) is 120 cm³/mol. The Hall–Kier alpha value is -2.50. The fourth-order valence-electron chi connectivity index (χ4n) is 3.13. The molecule has 0 aliphatic rings. The molecule has 4 nitrogen and oxygen atoms in total. The molecule has 8 heteroatoms. The van der Waals surface area contributed by atoms with Gasteiger partial charge >= 0.3 is 0 Å². The summed E-state index contributed by atoms with van der Waals surface area (Å²) in [5, 5.41) is 0.273. The van der Waals surface area contributed by atoms with Crippen LogP contribution in [0.1, 0.15) is 32.1 Å². The zero-order chi connectivity index (χ0) is 21.4. The average Bonchev–Trinajstić information content (AvgIpc) is 3.23. The third-order valence-corrected chi connectivity index (χ3v) is 6.03. The molecule has 0 aliphatic heterocycles. The lowest BCUT2D eigenvalue weighted by Gasteiger charge is -2.12. The SMILES string of the molecule is O=C(c1ccccc1)c1[nH]c(Cl)c(Cl)c1-n1c(C(=O)c2ccccc2)cc(Cl)c1Cl. The molecule has 2 aromatic carbocycles. The zero-order valence-corrected chi connectivity index (χ0v) is 18.2. The highest BCUT2D eigenvalue weighted by Gasteiger charge is 2.29. The number of nitrogens with zero attached hydrogens (tertiary/aromatic N) is 1. The zero-order valence-electron chi connectivity index (χ0n) is 15.1. The summed E-state index contributed by atoms with van der Waals surface area (Å²) in [4.78, 5) is 29.1. The van der Waals surface area contributed by atoms with Gasteiger partial charge in [0.15, 0.2) is 0 Å². The molecule has 2 aromatic heterocycles. The van der Waals surface area contributed by atoms with Gasteiger partial charge < -0.3 is 4.98 Å². The van der Waals surface area contributed by atoms with E-state index in [1.54, 1.807) is 60.7 Å². The van der Waals surface area contributed by atoms with E-state index in [9.17, 15) is 9.59 Å². The number of aromatic amines is 1. The first-order valence-corrected chi connectivity index (χ1v) is 10.2. The molecule has 0 radical (unpaired) electrons. The van der Waals surface area contributed by atoms with Crippen LogP contribution in [0.3, 0.4) is 0 Å². The lowest BCUT2D eigenvalue weighted by molar-refractivity contribution is 0.102. The number of H-pyrrole nitrogens is 1. The fraction of sp³-hybridized carbons (Fsp3) is 0. The van der Waals surface area contributed by atoms with Crippen LogP contribution in [0.2, 0.25) is 20.4 Å². The number of hydrogen-bond donors (Lipinski definition) is 1. The molecule has 0 spiro atoms. The minimum Gasteiger partial charge on any atom is -0.340 e. The van der Waals surface area contributed by atoms with Crippen molar-refractivity contribution in [3.63, 3.8) is 0 Å². The van der Waals surface area contributed by atoms with Crippen LogP contribution in [0.15, 0.2) is 66.7 Å². The number of carbonyl (C=O) groups is 2. The first-order valence-electron chi connectivity index (χ1n) is 8.73. The molecule has 0 unspecified atom stereocenters. The van der Waals surface area contributed by atoms with Crippen molar-refractivity contribution in [2.75, 3.05) is 0 Å². The van der Waals surface area contributed by atoms with Gasteiger partial charge in [-0.1, -0.05) is 107 Å². The van der Waals surface area contributed by atoms with Gasteiger partial charge in [-0.25, -0.2) is 0 Å². The van der Waals surface area contributed by atoms with Gasteiger partial charge in [0, 0.05) is 11.1 Å². The van der Waals surface area contributed by atoms with Crippen LogP contribution in [0.25, 0.3) is 5.69 Å². The molecule has 0 saturated carbocycles. The lowest BCUT2D eigenvalue weighted by Crippen LogP contribution is -2.12. The van der Waals surface area contributed by atoms with E-state index in [0.29, 0.717) is 11.1 Å². The molecule has 0 atom stereocenters. The first-order chi connectivity index (χ1) is 14.4. The molecule has 2 heterocycles. The summed E-state index contributed by atoms with van der Waals surface area (Å²) in [6.07, 6.45) is 0. The van der Waals surface area contributed by atoms with Crippen molar-refractivity contribution in [2.24, 2.45) is 0 Å². The van der Waals surface area contributed by atoms with Crippen molar-refractivity contribution in [3.05, 3.63) is 110 Å². The highest BCUT2D eigenvalue weighted by Crippen LogP contribution is 2.39. The van der Waals surface area contributed by atoms with Gasteiger partial charge in [-0.15, -0.1) is 0 Å². The minimum atomic E-state index is -0.363. The summed E-state index contributed by atoms with van der Waals surface area (Å²) in [6.45, 7) is 0. The number of hydrogen-bond acceptors (Lipinski definition) is 2. The third-order valence-electron chi connectivity index (χ3n) is 4.53. The Kier molecular flexibility index (Phi) is 5.76. The van der Waals surface area contributed by atoms with Crippen LogP contribution in [-0.2, 0) is 0 Å². The summed E-state index contributed by atoms with van der Waals surface area (Å²) in [5.41, 5.74) is 1.24. The second kappa shape index (κ2) is 8.32. The van der Waals surface area contributed by atoms with Gasteiger partial charge in [-0.3, -0.25) is 14.2 Å². The van der Waals surface area contributed by atoms with E-state index >= 15 is 0 Å². The van der Waals surface area contributed by atoms with E-state index in [-0.39, 0.29) is 49.0 Å². The van der Waals surface area contributed by atoms with Gasteiger partial charge in [-0.05, 0) is 6.07 Å². The van der Waals surface area contributed by atoms with Crippen LogP contribution in [0.4, 0.5) is 0 Å². The summed E-state index contributed by atoms with van der Waals surface area (Å²) in [5.74, 6) is -0.700. The van der Waals surface area contributed by atoms with Crippen molar-refractivity contribution < 1.29 is 9.59 Å². The molecule has 30 heavy (non-hydrogen) atoms. The first kappa shape index (κ1) is 20.8. The average molecular weight is 478 g/mol. The van der Waals surface area contributed by atoms with Crippen molar-refractivity contribution >= 4 is 58.0 Å². The Morgan fingerprint density at radius 2 is 1.30 bits per heavy atom. The number of carbonyl (C=O) groups excluding carboxylic acids is 2. The Labute approximate surface area is 191 Å². The number of aromatic nitrogens is 2. The van der Waals surface area contributed by atoms with Gasteiger partial charge in [0.2, 0.25) is 11.6 Å². The second-order valence-corrected chi connectivity index (χ2v) is 7.89. The Morgan fingerprint density at radius 1 is 0.767 bits per heavy atom. The standard InChI is InChI=1S/C22H12Cl4N2O2/c23-14-11-15(19(29)12-7-3-1-4-8-12)28(22(14)26)18-16(24)21(25)27-17(18)20(30)13-9-5-2-6-10-13/h1-11,27H. The highest BCUT2D eigenvalue weighted by molar-refractivity contribution is 6.45. The monoisotopic (exact) mass is 476 g/mol. The molecule has 0 aliphatic carbocycles. The van der Waals surface area contributed by atoms with Gasteiger partial charge in [0.05, 0.1) is 16.4 Å². The second-order valence-electron chi connectivity index (χ2n) is 6.37. The number of benzene rings is 2. The quantitative estimate of drug-likeness (QED) is 0.318. The molecule has 0 fully saturated rings. The molecule has 150 valence electrons. The molecular weight excluding hydrogens is 466 g/mol. The Balaban J connectivity index is 1.94. The normalized spacial score (nSPS) is 10.9. The van der Waals surface area contributed by atoms with Crippen LogP contribution in [0.5, 0.6) is 0 Å². The van der Waals surface area contributed by atoms with Crippen molar-refractivity contribution in [3.8, 4) is 5.69 Å². The summed E-state index contributed by atoms with van der Waals surface area (Å²) in [6, 6.07) is 18.7. The van der Waals surface area contributed by atoms with E-state index < -0.39 is 0 Å². The van der Waals surface area contributed by atoms with Crippen LogP contribution in [0, 0.1) is 0 Å². The molecule has 4 aromatic rings. The van der Waals surface area contributed by atoms with Crippen LogP contribution in [-0.4, -0.2) is 21.1 Å². The number of rotatable bonds is 5. The van der Waals surface area contributed by atoms with Gasteiger partial charge in [0.1, 0.15) is 21.0 Å². The van der Waals surface area contributed by atoms with E-state index in [2.05, 4.69) is 4.98 Å². The number of nitrogens with one attached hydrogen (secondary N) is 1. The lowest BCUT2D eigenvalue weighted by atomic mass is 10.1. The van der Waals surface area contributed by atoms with E-state index in [0.717, 1.165) is 0 Å². The van der Waals surface area contributed by atoms with Crippen molar-refractivity contribution in [1.29, 1.82) is 0 Å². The maximum Gasteiger partial charge on any atom is 0.211 e. The molecular formula is C22H12Cl4N2O2. The molecule has 0 amide bonds. The predicted octanol–water partition coefficient (Wildman–Crippen LogP) is 6.88. The fourth-order valence-corrected chi connectivity index (χ4v) is 3.95. The Bertz CT molecular complexity index is 1160. The maximum atomic E-state index is 13.2. The molecule has 0 bridgehead atoms. The van der Waals surface area contributed by atoms with Gasteiger partial charge in [0.25, 0.3) is 0 Å². The molecule has 0 saturated heterocycles. The van der Waals surface area contributed by atoms with Crippen LogP contribution < -0.4 is 0 Å². The smallest absolute Gasteiger partial charge is 0.211 e.